The summed E-state index contributed by atoms with van der Waals surface area (Å²) in [6.07, 6.45) is 1.62. The van der Waals surface area contributed by atoms with E-state index in [-0.39, 0.29) is 47.0 Å². The molecular formula is C18H15NNaO8S2. The molecule has 153 valence electrons. The van der Waals surface area contributed by atoms with Gasteiger partial charge in [0.25, 0.3) is 0 Å². The smallest absolute Gasteiger partial charge is 0.362 e. The summed E-state index contributed by atoms with van der Waals surface area (Å²) in [5, 5.41) is 0. The zero-order valence-electron chi connectivity index (χ0n) is 15.6. The Hall–Kier alpha value is -1.99. The third-order valence-electron chi connectivity index (χ3n) is 3.81. The maximum Gasteiger partial charge on any atom is 0.446 e. The van der Waals surface area contributed by atoms with Gasteiger partial charge in [-0.05, 0) is 47.5 Å². The van der Waals surface area contributed by atoms with Crippen molar-refractivity contribution in [3.05, 3.63) is 89.7 Å². The Bertz CT molecular complexity index is 1110. The number of nitrogens with zero attached hydrogens (tertiary/aromatic N) is 1. The van der Waals surface area contributed by atoms with Crippen LogP contribution in [0.2, 0.25) is 0 Å². The van der Waals surface area contributed by atoms with E-state index in [4.69, 9.17) is 9.11 Å². The number of rotatable bonds is 7. The predicted octanol–water partition coefficient (Wildman–Crippen LogP) is 2.24. The average Bonchev–Trinajstić information content (AvgIpc) is 2.63. The largest absolute Gasteiger partial charge is 0.446 e. The number of benzene rings is 2. The van der Waals surface area contributed by atoms with Crippen LogP contribution in [0.3, 0.4) is 0 Å². The first-order valence-corrected chi connectivity index (χ1v) is 10.8. The molecule has 12 heteroatoms. The number of aromatic nitrogens is 1. The molecule has 0 saturated carbocycles. The number of hydrogen-bond donors (Lipinski definition) is 2. The molecule has 9 nitrogen and oxygen atoms in total. The third-order valence-corrected chi connectivity index (χ3v) is 4.62. The molecule has 0 aliphatic rings. The van der Waals surface area contributed by atoms with Crippen molar-refractivity contribution in [3.63, 3.8) is 0 Å². The van der Waals surface area contributed by atoms with E-state index < -0.39 is 20.8 Å². The Balaban J connectivity index is 0.00000320. The van der Waals surface area contributed by atoms with Crippen molar-refractivity contribution in [2.75, 3.05) is 0 Å². The molecule has 0 aliphatic heterocycles. The molecule has 1 aromatic heterocycles. The molecule has 0 aliphatic carbocycles. The molecule has 1 radical (unpaired) electrons. The van der Waals surface area contributed by atoms with Crippen LogP contribution in [0, 0.1) is 0 Å². The van der Waals surface area contributed by atoms with E-state index in [0.29, 0.717) is 5.69 Å². The van der Waals surface area contributed by atoms with Crippen LogP contribution in [0.1, 0.15) is 22.7 Å². The SMILES string of the molecule is O=S(=O)(O)Oc1ccc(C(c2ccc(OS(=O)(=O)O)cc2)c2ccccn2)cc1.[Na]. The molecule has 2 N–H and O–H groups in total. The van der Waals surface area contributed by atoms with E-state index in [1.807, 2.05) is 0 Å². The van der Waals surface area contributed by atoms with Crippen molar-refractivity contribution in [1.82, 2.24) is 4.98 Å². The Morgan fingerprint density at radius 2 is 1.13 bits per heavy atom. The number of hydrogen-bond acceptors (Lipinski definition) is 7. The molecule has 0 fully saturated rings. The van der Waals surface area contributed by atoms with E-state index in [2.05, 4.69) is 13.4 Å². The second kappa shape index (κ2) is 9.88. The van der Waals surface area contributed by atoms with Gasteiger partial charge in [-0.1, -0.05) is 30.3 Å². The molecule has 30 heavy (non-hydrogen) atoms. The monoisotopic (exact) mass is 460 g/mol. The Labute approximate surface area is 195 Å². The van der Waals surface area contributed by atoms with E-state index in [1.165, 1.54) is 24.3 Å². The molecule has 0 amide bonds. The third kappa shape index (κ3) is 7.06. The average molecular weight is 460 g/mol. The summed E-state index contributed by atoms with van der Waals surface area (Å²) >= 11 is 0. The van der Waals surface area contributed by atoms with Crippen LogP contribution < -0.4 is 8.37 Å². The van der Waals surface area contributed by atoms with Gasteiger partial charge in [0.1, 0.15) is 11.5 Å². The molecule has 0 unspecified atom stereocenters. The molecule has 1 heterocycles. The van der Waals surface area contributed by atoms with Crippen LogP contribution in [-0.2, 0) is 20.8 Å². The fourth-order valence-corrected chi connectivity index (χ4v) is 3.46. The van der Waals surface area contributed by atoms with Gasteiger partial charge in [0.05, 0.1) is 11.6 Å². The van der Waals surface area contributed by atoms with Gasteiger partial charge < -0.3 is 8.37 Å². The normalized spacial score (nSPS) is 11.6. The zero-order chi connectivity index (χ0) is 21.1. The van der Waals surface area contributed by atoms with Gasteiger partial charge >= 0.3 is 20.8 Å². The van der Waals surface area contributed by atoms with Gasteiger partial charge in [-0.15, -0.1) is 0 Å². The quantitative estimate of drug-likeness (QED) is 0.401. The second-order valence-electron chi connectivity index (χ2n) is 5.85. The van der Waals surface area contributed by atoms with Crippen molar-refractivity contribution >= 4 is 50.4 Å². The van der Waals surface area contributed by atoms with E-state index in [1.54, 1.807) is 48.7 Å². The van der Waals surface area contributed by atoms with Crippen LogP contribution in [0.5, 0.6) is 11.5 Å². The summed E-state index contributed by atoms with van der Waals surface area (Å²) in [7, 11) is -9.26. The molecule has 0 bridgehead atoms. The Kier molecular flexibility index (Phi) is 7.99. The Morgan fingerprint density at radius 3 is 1.47 bits per heavy atom. The fraction of sp³-hybridized carbons (Fsp3) is 0.0556. The van der Waals surface area contributed by atoms with Crippen molar-refractivity contribution in [3.8, 4) is 11.5 Å². The molecular weight excluding hydrogens is 445 g/mol. The minimum absolute atomic E-state index is 0. The minimum atomic E-state index is -4.63. The standard InChI is InChI=1S/C18H15NO8S2.Na/c20-28(21,22)26-15-8-4-13(5-9-15)18(17-3-1-2-12-19-17)14-6-10-16(11-7-14)27-29(23,24)25;/h1-12,18H,(H,20,21,22)(H,23,24,25);. The summed E-state index contributed by atoms with van der Waals surface area (Å²) in [6, 6.07) is 17.4. The first kappa shape index (κ1) is 24.3. The first-order chi connectivity index (χ1) is 13.6. The van der Waals surface area contributed by atoms with Crippen molar-refractivity contribution < 1.29 is 34.3 Å². The summed E-state index contributed by atoms with van der Waals surface area (Å²) in [5.41, 5.74) is 2.14. The summed E-state index contributed by atoms with van der Waals surface area (Å²) in [4.78, 5) is 4.36. The van der Waals surface area contributed by atoms with Gasteiger partial charge in [0.2, 0.25) is 0 Å². The molecule has 0 spiro atoms. The molecule has 0 saturated heterocycles. The van der Waals surface area contributed by atoms with E-state index in [0.717, 1.165) is 11.1 Å². The zero-order valence-corrected chi connectivity index (χ0v) is 19.2. The van der Waals surface area contributed by atoms with Crippen LogP contribution >= 0.6 is 0 Å². The minimum Gasteiger partial charge on any atom is -0.362 e. The molecule has 0 atom stereocenters. The van der Waals surface area contributed by atoms with Gasteiger partial charge in [-0.3, -0.25) is 14.1 Å². The summed E-state index contributed by atoms with van der Waals surface area (Å²) in [5.74, 6) is -0.503. The van der Waals surface area contributed by atoms with Gasteiger partial charge in [0, 0.05) is 35.8 Å². The van der Waals surface area contributed by atoms with E-state index >= 15 is 0 Å². The second-order valence-corrected chi connectivity index (χ2v) is 7.89. The van der Waals surface area contributed by atoms with Crippen LogP contribution in [0.25, 0.3) is 0 Å². The summed E-state index contributed by atoms with van der Waals surface area (Å²) < 4.78 is 69.8. The van der Waals surface area contributed by atoms with Crippen LogP contribution in [0.4, 0.5) is 0 Å². The van der Waals surface area contributed by atoms with E-state index in [9.17, 15) is 16.8 Å². The maximum atomic E-state index is 10.8. The summed E-state index contributed by atoms with van der Waals surface area (Å²) in [6.45, 7) is 0. The molecule has 2 aromatic carbocycles. The van der Waals surface area contributed by atoms with Crippen molar-refractivity contribution in [1.29, 1.82) is 0 Å². The van der Waals surface area contributed by atoms with Crippen LogP contribution in [0.15, 0.2) is 72.9 Å². The maximum absolute atomic E-state index is 10.8. The molecule has 3 aromatic rings. The fourth-order valence-electron chi connectivity index (χ4n) is 2.76. The Morgan fingerprint density at radius 1 is 0.700 bits per heavy atom. The van der Waals surface area contributed by atoms with Gasteiger partial charge in [-0.2, -0.15) is 16.8 Å². The predicted molar refractivity (Wildman–Crippen MR) is 108 cm³/mol. The topological polar surface area (TPSA) is 140 Å². The van der Waals surface area contributed by atoms with Crippen LogP contribution in [-0.4, -0.2) is 60.5 Å². The van der Waals surface area contributed by atoms with Crippen molar-refractivity contribution in [2.24, 2.45) is 0 Å². The van der Waals surface area contributed by atoms with Gasteiger partial charge in [0.15, 0.2) is 0 Å². The number of pyridine rings is 1. The first-order valence-electron chi connectivity index (χ1n) is 8.05. The van der Waals surface area contributed by atoms with Gasteiger partial charge in [-0.25, -0.2) is 0 Å². The van der Waals surface area contributed by atoms with Crippen molar-refractivity contribution in [2.45, 2.75) is 5.92 Å². The molecule has 3 rings (SSSR count).